The molecule has 4 rings (SSSR count). The maximum absolute atomic E-state index is 12.9. The van der Waals surface area contributed by atoms with Gasteiger partial charge in [-0.1, -0.05) is 0 Å². The summed E-state index contributed by atoms with van der Waals surface area (Å²) in [5.74, 6) is 0.0354. The fourth-order valence-electron chi connectivity index (χ4n) is 4.04. The molecule has 3 fully saturated rings. The van der Waals surface area contributed by atoms with Crippen molar-refractivity contribution in [1.82, 2.24) is 30.2 Å². The van der Waals surface area contributed by atoms with E-state index in [1.165, 1.54) is 6.20 Å². The van der Waals surface area contributed by atoms with Crippen LogP contribution in [0.25, 0.3) is 0 Å². The highest BCUT2D eigenvalue weighted by atomic mass is 19.4. The van der Waals surface area contributed by atoms with E-state index in [1.54, 1.807) is 9.80 Å². The first-order valence-corrected chi connectivity index (χ1v) is 8.92. The van der Waals surface area contributed by atoms with Gasteiger partial charge in [0.25, 0.3) is 0 Å². The highest BCUT2D eigenvalue weighted by Gasteiger charge is 2.50. The van der Waals surface area contributed by atoms with Crippen molar-refractivity contribution in [3.05, 3.63) is 17.5 Å². The van der Waals surface area contributed by atoms with Crippen LogP contribution in [0.1, 0.15) is 24.1 Å². The topological polar surface area (TPSA) is 84.6 Å². The minimum atomic E-state index is -4.45. The number of alkyl halides is 3. The predicted octanol–water partition coefficient (Wildman–Crippen LogP) is 0.631. The van der Waals surface area contributed by atoms with Crippen LogP contribution < -0.4 is 5.32 Å². The molecule has 4 heterocycles. The first-order valence-electron chi connectivity index (χ1n) is 8.92. The Balaban J connectivity index is 1.27. The molecule has 0 saturated carbocycles. The van der Waals surface area contributed by atoms with Gasteiger partial charge in [0.1, 0.15) is 5.69 Å². The number of carbonyl (C=O) groups is 2. The molecule has 0 aliphatic carbocycles. The third-order valence-corrected chi connectivity index (χ3v) is 5.53. The number of hydrogen-bond donors (Lipinski definition) is 2. The molecule has 3 saturated heterocycles. The van der Waals surface area contributed by atoms with Crippen molar-refractivity contribution in [1.29, 1.82) is 0 Å². The second kappa shape index (κ2) is 6.39. The van der Waals surface area contributed by atoms with Crippen LogP contribution >= 0.6 is 0 Å². The van der Waals surface area contributed by atoms with Gasteiger partial charge in [0.05, 0.1) is 11.7 Å². The van der Waals surface area contributed by atoms with E-state index in [0.29, 0.717) is 45.7 Å². The summed E-state index contributed by atoms with van der Waals surface area (Å²) in [6, 6.07) is -0.0688. The lowest BCUT2D eigenvalue weighted by molar-refractivity contribution is -0.142. The normalized spacial score (nSPS) is 22.9. The Kier molecular flexibility index (Phi) is 4.28. The summed E-state index contributed by atoms with van der Waals surface area (Å²) in [5.41, 5.74) is -0.946. The minimum Gasteiger partial charge on any atom is -0.347 e. The van der Waals surface area contributed by atoms with E-state index in [-0.39, 0.29) is 29.6 Å². The van der Waals surface area contributed by atoms with Gasteiger partial charge in [-0.2, -0.15) is 18.3 Å². The number of aromatic nitrogens is 2. The molecule has 1 aromatic heterocycles. The van der Waals surface area contributed by atoms with Gasteiger partial charge in [0.2, 0.25) is 5.91 Å². The number of H-pyrrole nitrogens is 1. The average molecular weight is 386 g/mol. The maximum Gasteiger partial charge on any atom is 0.433 e. The highest BCUT2D eigenvalue weighted by Crippen LogP contribution is 2.32. The number of halogens is 3. The molecule has 27 heavy (non-hydrogen) atoms. The second-order valence-corrected chi connectivity index (χ2v) is 7.50. The van der Waals surface area contributed by atoms with Crippen LogP contribution in [0.4, 0.5) is 18.0 Å². The second-order valence-electron chi connectivity index (χ2n) is 7.50. The number of hydrogen-bond acceptors (Lipinski definition) is 4. The summed E-state index contributed by atoms with van der Waals surface area (Å²) in [6.07, 6.45) is -1.98. The molecule has 1 spiro atoms. The lowest BCUT2D eigenvalue weighted by Gasteiger charge is -2.49. The molecule has 8 nitrogen and oxygen atoms in total. The van der Waals surface area contributed by atoms with Gasteiger partial charge in [0.15, 0.2) is 0 Å². The van der Waals surface area contributed by atoms with E-state index in [0.717, 1.165) is 6.42 Å². The minimum absolute atomic E-state index is 0.0354. The van der Waals surface area contributed by atoms with E-state index in [1.807, 2.05) is 10.00 Å². The van der Waals surface area contributed by atoms with Crippen LogP contribution in [0, 0.1) is 0 Å². The summed E-state index contributed by atoms with van der Waals surface area (Å²) in [5, 5.41) is 8.47. The smallest absolute Gasteiger partial charge is 0.347 e. The summed E-state index contributed by atoms with van der Waals surface area (Å²) in [7, 11) is 0. The monoisotopic (exact) mass is 386 g/mol. The van der Waals surface area contributed by atoms with Gasteiger partial charge in [0, 0.05) is 57.8 Å². The molecule has 0 radical (unpaired) electrons. The van der Waals surface area contributed by atoms with E-state index in [4.69, 9.17) is 0 Å². The average Bonchev–Trinajstić information content (AvgIpc) is 3.20. The Hall–Kier alpha value is -2.30. The number of amides is 3. The zero-order valence-corrected chi connectivity index (χ0v) is 14.7. The van der Waals surface area contributed by atoms with Crippen molar-refractivity contribution >= 4 is 11.9 Å². The van der Waals surface area contributed by atoms with Crippen molar-refractivity contribution in [3.63, 3.8) is 0 Å². The molecule has 0 atom stereocenters. The Morgan fingerprint density at radius 3 is 2.48 bits per heavy atom. The van der Waals surface area contributed by atoms with E-state index >= 15 is 0 Å². The van der Waals surface area contributed by atoms with Gasteiger partial charge < -0.3 is 15.1 Å². The fourth-order valence-corrected chi connectivity index (χ4v) is 4.04. The van der Waals surface area contributed by atoms with Crippen LogP contribution in [-0.4, -0.2) is 81.6 Å². The molecule has 0 unspecified atom stereocenters. The number of urea groups is 1. The van der Waals surface area contributed by atoms with Gasteiger partial charge in [-0.15, -0.1) is 0 Å². The largest absolute Gasteiger partial charge is 0.433 e. The standard InChI is InChI=1S/C16H21F3N6O2/c17-16(18,19)13-11(7-20-22-13)8-23-3-5-24(6-4-23)14(27)25-9-15(10-25)2-1-12(26)21-15/h7H,1-6,8-10H2,(H,20,22)(H,21,26). The van der Waals surface area contributed by atoms with Crippen molar-refractivity contribution < 1.29 is 22.8 Å². The Bertz CT molecular complexity index is 735. The van der Waals surface area contributed by atoms with Crippen molar-refractivity contribution in [2.24, 2.45) is 0 Å². The van der Waals surface area contributed by atoms with E-state index < -0.39 is 11.9 Å². The van der Waals surface area contributed by atoms with Crippen molar-refractivity contribution in [3.8, 4) is 0 Å². The molecule has 1 aromatic rings. The predicted molar refractivity (Wildman–Crippen MR) is 87.5 cm³/mol. The quantitative estimate of drug-likeness (QED) is 0.781. The third kappa shape index (κ3) is 3.47. The molecule has 3 aliphatic heterocycles. The maximum atomic E-state index is 12.9. The molecular weight excluding hydrogens is 365 g/mol. The van der Waals surface area contributed by atoms with Crippen LogP contribution in [0.5, 0.6) is 0 Å². The molecule has 148 valence electrons. The molecule has 0 aromatic carbocycles. The number of likely N-dealkylation sites (tertiary alicyclic amines) is 1. The number of rotatable bonds is 2. The Labute approximate surface area is 153 Å². The molecular formula is C16H21F3N6O2. The van der Waals surface area contributed by atoms with Crippen LogP contribution in [0.15, 0.2) is 6.20 Å². The molecule has 3 aliphatic rings. The van der Waals surface area contributed by atoms with Gasteiger partial charge in [-0.25, -0.2) is 4.79 Å². The Morgan fingerprint density at radius 2 is 1.89 bits per heavy atom. The van der Waals surface area contributed by atoms with E-state index in [2.05, 4.69) is 10.4 Å². The fraction of sp³-hybridized carbons (Fsp3) is 0.688. The van der Waals surface area contributed by atoms with Gasteiger partial charge >= 0.3 is 12.2 Å². The summed E-state index contributed by atoms with van der Waals surface area (Å²) in [6.45, 7) is 3.14. The first kappa shape index (κ1) is 18.1. The van der Waals surface area contributed by atoms with E-state index in [9.17, 15) is 22.8 Å². The van der Waals surface area contributed by atoms with Gasteiger partial charge in [-0.3, -0.25) is 14.8 Å². The Morgan fingerprint density at radius 1 is 1.19 bits per heavy atom. The van der Waals surface area contributed by atoms with Crippen LogP contribution in [-0.2, 0) is 17.5 Å². The number of carbonyl (C=O) groups excluding carboxylic acids is 2. The molecule has 3 amide bonds. The number of piperazine rings is 1. The summed E-state index contributed by atoms with van der Waals surface area (Å²) in [4.78, 5) is 29.3. The molecule has 11 heteroatoms. The number of nitrogens with one attached hydrogen (secondary N) is 2. The number of nitrogens with zero attached hydrogens (tertiary/aromatic N) is 4. The zero-order valence-electron chi connectivity index (χ0n) is 14.7. The number of aromatic amines is 1. The van der Waals surface area contributed by atoms with Gasteiger partial charge in [-0.05, 0) is 6.42 Å². The lowest BCUT2D eigenvalue weighted by Crippen LogP contribution is -2.70. The van der Waals surface area contributed by atoms with Crippen molar-refractivity contribution in [2.45, 2.75) is 31.1 Å². The van der Waals surface area contributed by atoms with Crippen LogP contribution in [0.2, 0.25) is 0 Å². The van der Waals surface area contributed by atoms with Crippen LogP contribution in [0.3, 0.4) is 0 Å². The molecule has 0 bridgehead atoms. The summed E-state index contributed by atoms with van der Waals surface area (Å²) < 4.78 is 38.7. The zero-order chi connectivity index (χ0) is 19.2. The third-order valence-electron chi connectivity index (χ3n) is 5.53. The highest BCUT2D eigenvalue weighted by molar-refractivity contribution is 5.82. The first-order chi connectivity index (χ1) is 12.8. The SMILES string of the molecule is O=C1CCC2(CN(C(=O)N3CCN(Cc4cn[nH]c4C(F)(F)F)CC3)C2)N1. The summed E-state index contributed by atoms with van der Waals surface area (Å²) >= 11 is 0. The lowest BCUT2D eigenvalue weighted by atomic mass is 9.88. The van der Waals surface area contributed by atoms with Crippen molar-refractivity contribution in [2.75, 3.05) is 39.3 Å². The molecule has 2 N–H and O–H groups in total.